The van der Waals surface area contributed by atoms with Crippen molar-refractivity contribution in [3.63, 3.8) is 0 Å². The number of hydrogen-bond acceptors (Lipinski definition) is 3. The van der Waals surface area contributed by atoms with Gasteiger partial charge in [-0.2, -0.15) is 0 Å². The highest BCUT2D eigenvalue weighted by molar-refractivity contribution is 5.96. The van der Waals surface area contributed by atoms with Crippen LogP contribution in [0.3, 0.4) is 0 Å². The zero-order valence-corrected chi connectivity index (χ0v) is 13.9. The van der Waals surface area contributed by atoms with Crippen LogP contribution in [0.1, 0.15) is 27.4 Å². The highest BCUT2D eigenvalue weighted by Gasteiger charge is 2.32. The number of carboxylic acid groups (broad SMARTS) is 1. The molecule has 3 rings (SSSR count). The molecule has 0 aliphatic heterocycles. The molecule has 3 aromatic rings. The van der Waals surface area contributed by atoms with E-state index in [0.717, 1.165) is 11.1 Å². The average molecular weight is 346 g/mol. The van der Waals surface area contributed by atoms with Gasteiger partial charge in [0.2, 0.25) is 0 Å². The molecular formula is C21H18N2O3. The van der Waals surface area contributed by atoms with E-state index in [4.69, 9.17) is 0 Å². The van der Waals surface area contributed by atoms with Gasteiger partial charge in [0.15, 0.2) is 0 Å². The van der Waals surface area contributed by atoms with Gasteiger partial charge in [0, 0.05) is 23.9 Å². The number of hydrogen-bond donors (Lipinski definition) is 2. The summed E-state index contributed by atoms with van der Waals surface area (Å²) in [6, 6.07) is 20.6. The number of rotatable bonds is 6. The molecule has 2 aromatic carbocycles. The molecule has 1 aromatic heterocycles. The molecule has 2 N–H and O–H groups in total. The van der Waals surface area contributed by atoms with Gasteiger partial charge >= 0.3 is 5.97 Å². The first-order valence-electron chi connectivity index (χ1n) is 8.20. The Balaban J connectivity index is 1.99. The molecule has 0 unspecified atom stereocenters. The largest absolute Gasteiger partial charge is 0.480 e. The number of nitrogens with zero attached hydrogens (tertiary/aromatic N) is 1. The van der Waals surface area contributed by atoms with Crippen LogP contribution < -0.4 is 5.32 Å². The Labute approximate surface area is 151 Å². The molecule has 0 saturated carbocycles. The van der Waals surface area contributed by atoms with Gasteiger partial charge in [0.1, 0.15) is 6.04 Å². The van der Waals surface area contributed by atoms with E-state index in [-0.39, 0.29) is 0 Å². The van der Waals surface area contributed by atoms with Crippen molar-refractivity contribution in [2.75, 3.05) is 0 Å². The SMILES string of the molecule is O=C(N[C@@H](C(=O)O)C(c1ccccc1)c1ccccc1)c1ccncc1. The van der Waals surface area contributed by atoms with Crippen LogP contribution in [0.25, 0.3) is 0 Å². The molecule has 0 fully saturated rings. The second kappa shape index (κ2) is 8.07. The summed E-state index contributed by atoms with van der Waals surface area (Å²) in [7, 11) is 0. The Morgan fingerprint density at radius 2 is 1.31 bits per heavy atom. The Hall–Kier alpha value is -3.47. The number of amides is 1. The van der Waals surface area contributed by atoms with Crippen LogP contribution in [0.2, 0.25) is 0 Å². The summed E-state index contributed by atoms with van der Waals surface area (Å²) >= 11 is 0. The lowest BCUT2D eigenvalue weighted by Gasteiger charge is -2.26. The number of carbonyl (C=O) groups is 2. The second-order valence-corrected chi connectivity index (χ2v) is 5.82. The molecule has 5 nitrogen and oxygen atoms in total. The summed E-state index contributed by atoms with van der Waals surface area (Å²) < 4.78 is 0. The molecule has 0 aliphatic carbocycles. The predicted octanol–water partition coefficient (Wildman–Crippen LogP) is 3.10. The molecule has 0 spiro atoms. The lowest BCUT2D eigenvalue weighted by molar-refractivity contribution is -0.139. The fraction of sp³-hybridized carbons (Fsp3) is 0.0952. The first-order chi connectivity index (χ1) is 12.7. The zero-order valence-electron chi connectivity index (χ0n) is 13.9. The van der Waals surface area contributed by atoms with E-state index in [1.54, 1.807) is 12.1 Å². The first kappa shape index (κ1) is 17.4. The van der Waals surface area contributed by atoms with Crippen LogP contribution >= 0.6 is 0 Å². The van der Waals surface area contributed by atoms with Crippen LogP contribution in [-0.4, -0.2) is 28.0 Å². The molecule has 26 heavy (non-hydrogen) atoms. The summed E-state index contributed by atoms with van der Waals surface area (Å²) in [6.07, 6.45) is 2.99. The minimum absolute atomic E-state index is 0.367. The number of carbonyl (C=O) groups excluding carboxylic acids is 1. The topological polar surface area (TPSA) is 79.3 Å². The van der Waals surface area contributed by atoms with Gasteiger partial charge in [0.25, 0.3) is 5.91 Å². The summed E-state index contributed by atoms with van der Waals surface area (Å²) in [5, 5.41) is 12.5. The third-order valence-electron chi connectivity index (χ3n) is 4.15. The maximum atomic E-state index is 12.5. The number of pyridine rings is 1. The first-order valence-corrected chi connectivity index (χ1v) is 8.20. The third kappa shape index (κ3) is 3.95. The number of nitrogens with one attached hydrogen (secondary N) is 1. The van der Waals surface area contributed by atoms with Crippen molar-refractivity contribution in [3.05, 3.63) is 102 Å². The highest BCUT2D eigenvalue weighted by Crippen LogP contribution is 2.28. The molecule has 0 saturated heterocycles. The average Bonchev–Trinajstić information content (AvgIpc) is 2.69. The van der Waals surface area contributed by atoms with Gasteiger partial charge in [-0.05, 0) is 23.3 Å². The van der Waals surface area contributed by atoms with E-state index in [1.807, 2.05) is 60.7 Å². The van der Waals surface area contributed by atoms with Crippen molar-refractivity contribution >= 4 is 11.9 Å². The number of benzene rings is 2. The summed E-state index contributed by atoms with van der Waals surface area (Å²) in [5.41, 5.74) is 2.01. The Morgan fingerprint density at radius 3 is 1.77 bits per heavy atom. The summed E-state index contributed by atoms with van der Waals surface area (Å²) in [6.45, 7) is 0. The van der Waals surface area contributed by atoms with Crippen LogP contribution in [0.15, 0.2) is 85.2 Å². The van der Waals surface area contributed by atoms with Gasteiger partial charge < -0.3 is 10.4 Å². The molecule has 0 aliphatic rings. The quantitative estimate of drug-likeness (QED) is 0.719. The molecular weight excluding hydrogens is 328 g/mol. The van der Waals surface area contributed by atoms with Crippen molar-refractivity contribution in [1.29, 1.82) is 0 Å². The van der Waals surface area contributed by atoms with Crippen molar-refractivity contribution in [1.82, 2.24) is 10.3 Å². The molecule has 5 heteroatoms. The maximum absolute atomic E-state index is 12.5. The Morgan fingerprint density at radius 1 is 0.808 bits per heavy atom. The lowest BCUT2D eigenvalue weighted by Crippen LogP contribution is -2.45. The van der Waals surface area contributed by atoms with E-state index < -0.39 is 23.8 Å². The fourth-order valence-corrected chi connectivity index (χ4v) is 2.91. The van der Waals surface area contributed by atoms with Crippen LogP contribution in [0.4, 0.5) is 0 Å². The molecule has 130 valence electrons. The number of carboxylic acids is 1. The van der Waals surface area contributed by atoms with E-state index in [1.165, 1.54) is 12.4 Å². The van der Waals surface area contributed by atoms with Gasteiger partial charge in [-0.3, -0.25) is 9.78 Å². The van der Waals surface area contributed by atoms with E-state index in [0.29, 0.717) is 5.56 Å². The van der Waals surface area contributed by atoms with Crippen LogP contribution in [0.5, 0.6) is 0 Å². The van der Waals surface area contributed by atoms with Crippen molar-refractivity contribution in [2.45, 2.75) is 12.0 Å². The van der Waals surface area contributed by atoms with Crippen LogP contribution in [-0.2, 0) is 4.79 Å². The monoisotopic (exact) mass is 346 g/mol. The number of aliphatic carboxylic acids is 1. The minimum atomic E-state index is -1.11. The van der Waals surface area contributed by atoms with Gasteiger partial charge in [-0.25, -0.2) is 4.79 Å². The Kier molecular flexibility index (Phi) is 5.39. The van der Waals surface area contributed by atoms with Gasteiger partial charge in [0.05, 0.1) is 0 Å². The third-order valence-corrected chi connectivity index (χ3v) is 4.15. The van der Waals surface area contributed by atoms with Crippen LogP contribution in [0, 0.1) is 0 Å². The van der Waals surface area contributed by atoms with Gasteiger partial charge in [-0.15, -0.1) is 0 Å². The summed E-state index contributed by atoms with van der Waals surface area (Å²) in [5.74, 6) is -2.05. The Bertz CT molecular complexity index is 828. The molecule has 1 atom stereocenters. The van der Waals surface area contributed by atoms with Gasteiger partial charge in [-0.1, -0.05) is 60.7 Å². The zero-order chi connectivity index (χ0) is 18.4. The number of aromatic nitrogens is 1. The van der Waals surface area contributed by atoms with Crippen molar-refractivity contribution in [2.24, 2.45) is 0 Å². The second-order valence-electron chi connectivity index (χ2n) is 5.82. The smallest absolute Gasteiger partial charge is 0.327 e. The van der Waals surface area contributed by atoms with E-state index >= 15 is 0 Å². The van der Waals surface area contributed by atoms with E-state index in [2.05, 4.69) is 10.3 Å². The molecule has 1 heterocycles. The lowest BCUT2D eigenvalue weighted by atomic mass is 9.85. The van der Waals surface area contributed by atoms with Crippen molar-refractivity contribution < 1.29 is 14.7 Å². The van der Waals surface area contributed by atoms with E-state index in [9.17, 15) is 14.7 Å². The normalized spacial score (nSPS) is 11.7. The standard InChI is InChI=1S/C21H18N2O3/c24-20(17-11-13-22-14-12-17)23-19(21(25)26)18(15-7-3-1-4-8-15)16-9-5-2-6-10-16/h1-14,18-19H,(H,23,24)(H,25,26)/t19-/m1/s1. The minimum Gasteiger partial charge on any atom is -0.480 e. The molecule has 0 bridgehead atoms. The highest BCUT2D eigenvalue weighted by atomic mass is 16.4. The van der Waals surface area contributed by atoms with Crippen molar-refractivity contribution in [3.8, 4) is 0 Å². The molecule has 1 amide bonds. The maximum Gasteiger partial charge on any atom is 0.327 e. The molecule has 0 radical (unpaired) electrons. The summed E-state index contributed by atoms with van der Waals surface area (Å²) in [4.78, 5) is 28.4. The predicted molar refractivity (Wildman–Crippen MR) is 97.9 cm³/mol. The fourth-order valence-electron chi connectivity index (χ4n) is 2.91.